The Hall–Kier alpha value is -4.00. The average molecular weight is 523 g/mol. The van der Waals surface area contributed by atoms with Crippen LogP contribution < -0.4 is 14.8 Å². The summed E-state index contributed by atoms with van der Waals surface area (Å²) in [5.41, 5.74) is 3.03. The maximum Gasteiger partial charge on any atom is 0.240 e. The SMILES string of the molecule is COc1ccc(S(=O)(=O)NCCNc2nccc(-c3c(-c4ccc(O)cc4)nc4sccn34)n2)cc1. The number of aromatic nitrogens is 4. The van der Waals surface area contributed by atoms with Gasteiger partial charge in [0, 0.05) is 36.4 Å². The van der Waals surface area contributed by atoms with Gasteiger partial charge in [0.2, 0.25) is 16.0 Å². The van der Waals surface area contributed by atoms with Gasteiger partial charge in [-0.2, -0.15) is 0 Å². The third kappa shape index (κ3) is 4.87. The van der Waals surface area contributed by atoms with Crippen LogP contribution in [-0.2, 0) is 10.0 Å². The molecule has 0 spiro atoms. The molecule has 0 aliphatic rings. The van der Waals surface area contributed by atoms with Crippen LogP contribution in [0.3, 0.4) is 0 Å². The molecule has 0 amide bonds. The Labute approximate surface area is 211 Å². The number of phenols is 1. The molecule has 0 aliphatic heterocycles. The molecule has 0 atom stereocenters. The number of phenolic OH excluding ortho intramolecular Hbond substituents is 1. The highest BCUT2D eigenvalue weighted by atomic mass is 32.2. The minimum Gasteiger partial charge on any atom is -0.508 e. The second kappa shape index (κ2) is 9.93. The van der Waals surface area contributed by atoms with Crippen LogP contribution in [0.2, 0.25) is 0 Å². The Morgan fingerprint density at radius 2 is 1.81 bits per heavy atom. The highest BCUT2D eigenvalue weighted by molar-refractivity contribution is 7.89. The second-order valence-corrected chi connectivity index (χ2v) is 10.3. The summed E-state index contributed by atoms with van der Waals surface area (Å²) in [6, 6.07) is 14.8. The first-order chi connectivity index (χ1) is 17.4. The van der Waals surface area contributed by atoms with E-state index in [-0.39, 0.29) is 23.7 Å². The normalized spacial score (nSPS) is 11.6. The van der Waals surface area contributed by atoms with Crippen LogP contribution in [0.5, 0.6) is 11.5 Å². The molecule has 10 nitrogen and oxygen atoms in total. The molecule has 12 heteroatoms. The monoisotopic (exact) mass is 522 g/mol. The molecule has 0 unspecified atom stereocenters. The fourth-order valence-electron chi connectivity index (χ4n) is 3.62. The molecule has 3 N–H and O–H groups in total. The number of nitrogens with one attached hydrogen (secondary N) is 2. The highest BCUT2D eigenvalue weighted by Gasteiger charge is 2.19. The molecule has 0 fully saturated rings. The maximum atomic E-state index is 12.5. The quantitative estimate of drug-likeness (QED) is 0.250. The molecule has 3 aromatic heterocycles. The molecule has 184 valence electrons. The van der Waals surface area contributed by atoms with Crippen LogP contribution in [-0.4, -0.2) is 53.1 Å². The van der Waals surface area contributed by atoms with E-state index < -0.39 is 10.0 Å². The number of hydrogen-bond acceptors (Lipinski definition) is 9. The number of rotatable bonds is 9. The molecule has 3 heterocycles. The number of nitrogens with zero attached hydrogens (tertiary/aromatic N) is 4. The zero-order valence-electron chi connectivity index (χ0n) is 19.1. The number of imidazole rings is 1. The molecule has 0 saturated carbocycles. The van der Waals surface area contributed by atoms with Crippen molar-refractivity contribution in [1.29, 1.82) is 0 Å². The van der Waals surface area contributed by atoms with Crippen molar-refractivity contribution in [2.75, 3.05) is 25.5 Å². The maximum absolute atomic E-state index is 12.5. The Morgan fingerprint density at radius 1 is 1.03 bits per heavy atom. The summed E-state index contributed by atoms with van der Waals surface area (Å²) < 4.78 is 34.6. The lowest BCUT2D eigenvalue weighted by atomic mass is 10.1. The molecular weight excluding hydrogens is 500 g/mol. The van der Waals surface area contributed by atoms with Crippen molar-refractivity contribution in [2.24, 2.45) is 0 Å². The predicted molar refractivity (Wildman–Crippen MR) is 138 cm³/mol. The number of benzene rings is 2. The Morgan fingerprint density at radius 3 is 2.56 bits per heavy atom. The van der Waals surface area contributed by atoms with E-state index in [0.29, 0.717) is 17.4 Å². The van der Waals surface area contributed by atoms with Crippen molar-refractivity contribution in [1.82, 2.24) is 24.1 Å². The number of fused-ring (bicyclic) bond motifs is 1. The van der Waals surface area contributed by atoms with E-state index in [1.807, 2.05) is 16.0 Å². The smallest absolute Gasteiger partial charge is 0.240 e. The zero-order valence-corrected chi connectivity index (χ0v) is 20.8. The third-order valence-electron chi connectivity index (χ3n) is 5.37. The number of methoxy groups -OCH3 is 1. The zero-order chi connectivity index (χ0) is 25.1. The fourth-order valence-corrected chi connectivity index (χ4v) is 5.37. The second-order valence-electron chi connectivity index (χ2n) is 7.68. The van der Waals surface area contributed by atoms with Gasteiger partial charge in [-0.25, -0.2) is 28.1 Å². The molecule has 0 aliphatic carbocycles. The van der Waals surface area contributed by atoms with Crippen LogP contribution in [0.1, 0.15) is 0 Å². The summed E-state index contributed by atoms with van der Waals surface area (Å²) in [6.07, 6.45) is 3.56. The Bertz CT molecular complexity index is 1600. The van der Waals surface area contributed by atoms with Gasteiger partial charge in [0.25, 0.3) is 0 Å². The van der Waals surface area contributed by atoms with Crippen LogP contribution in [0, 0.1) is 0 Å². The molecular formula is C24H22N6O4S2. The van der Waals surface area contributed by atoms with Gasteiger partial charge >= 0.3 is 0 Å². The summed E-state index contributed by atoms with van der Waals surface area (Å²) in [6.45, 7) is 0.423. The number of hydrogen-bond donors (Lipinski definition) is 3. The van der Waals surface area contributed by atoms with Gasteiger partial charge < -0.3 is 15.2 Å². The predicted octanol–water partition coefficient (Wildman–Crippen LogP) is 3.62. The number of ether oxygens (including phenoxy) is 1. The average Bonchev–Trinajstić information content (AvgIpc) is 3.49. The first kappa shape index (κ1) is 23.7. The molecule has 0 saturated heterocycles. The van der Waals surface area contributed by atoms with Gasteiger partial charge in [0.15, 0.2) is 4.96 Å². The van der Waals surface area contributed by atoms with E-state index in [9.17, 15) is 13.5 Å². The summed E-state index contributed by atoms with van der Waals surface area (Å²) in [5, 5.41) is 14.7. The number of sulfonamides is 1. The molecule has 0 radical (unpaired) electrons. The van der Waals surface area contributed by atoms with E-state index >= 15 is 0 Å². The van der Waals surface area contributed by atoms with Crippen LogP contribution in [0.25, 0.3) is 27.6 Å². The van der Waals surface area contributed by atoms with Gasteiger partial charge in [0.05, 0.1) is 23.4 Å². The number of anilines is 1. The van der Waals surface area contributed by atoms with Gasteiger partial charge in [-0.05, 0) is 54.6 Å². The highest BCUT2D eigenvalue weighted by Crippen LogP contribution is 2.34. The summed E-state index contributed by atoms with van der Waals surface area (Å²) in [5.74, 6) is 1.12. The first-order valence-electron chi connectivity index (χ1n) is 10.9. The number of aromatic hydroxyl groups is 1. The van der Waals surface area contributed by atoms with Gasteiger partial charge in [-0.15, -0.1) is 11.3 Å². The molecule has 2 aromatic carbocycles. The molecule has 36 heavy (non-hydrogen) atoms. The standard InChI is InChI=1S/C24H22N6O4S2/c1-34-18-6-8-19(9-7-18)36(32,33)27-13-12-26-23-25-11-10-20(28-23)22-21(16-2-4-17(31)5-3-16)29-24-30(22)14-15-35-24/h2-11,14-15,27,31H,12-13H2,1H3,(H,25,26,28). The van der Waals surface area contributed by atoms with Crippen molar-refractivity contribution in [3.63, 3.8) is 0 Å². The molecule has 5 aromatic rings. The van der Waals surface area contributed by atoms with Gasteiger partial charge in [-0.3, -0.25) is 4.40 Å². The van der Waals surface area contributed by atoms with Crippen molar-refractivity contribution in [3.05, 3.63) is 72.4 Å². The Balaban J connectivity index is 1.31. The number of thiazole rings is 1. The minimum atomic E-state index is -3.66. The Kier molecular flexibility index (Phi) is 6.55. The first-order valence-corrected chi connectivity index (χ1v) is 13.3. The minimum absolute atomic E-state index is 0.141. The lowest BCUT2D eigenvalue weighted by Gasteiger charge is -2.10. The van der Waals surface area contributed by atoms with Crippen molar-refractivity contribution < 1.29 is 18.3 Å². The lowest BCUT2D eigenvalue weighted by molar-refractivity contribution is 0.414. The summed E-state index contributed by atoms with van der Waals surface area (Å²) in [4.78, 5) is 14.6. The fraction of sp³-hybridized carbons (Fsp3) is 0.125. The largest absolute Gasteiger partial charge is 0.508 e. The third-order valence-corrected chi connectivity index (χ3v) is 7.60. The lowest BCUT2D eigenvalue weighted by Crippen LogP contribution is -2.29. The summed E-state index contributed by atoms with van der Waals surface area (Å²) >= 11 is 1.51. The van der Waals surface area contributed by atoms with E-state index in [2.05, 4.69) is 20.0 Å². The van der Waals surface area contributed by atoms with Gasteiger partial charge in [-0.1, -0.05) is 0 Å². The van der Waals surface area contributed by atoms with E-state index in [1.54, 1.807) is 48.7 Å². The topological polar surface area (TPSA) is 131 Å². The van der Waals surface area contributed by atoms with Crippen molar-refractivity contribution in [3.8, 4) is 34.1 Å². The van der Waals surface area contributed by atoms with Crippen molar-refractivity contribution >= 4 is 32.3 Å². The molecule has 5 rings (SSSR count). The van der Waals surface area contributed by atoms with E-state index in [0.717, 1.165) is 21.9 Å². The van der Waals surface area contributed by atoms with Gasteiger partial charge in [0.1, 0.15) is 17.2 Å². The van der Waals surface area contributed by atoms with Crippen molar-refractivity contribution in [2.45, 2.75) is 4.90 Å². The van der Waals surface area contributed by atoms with E-state index in [1.165, 1.54) is 30.6 Å². The van der Waals surface area contributed by atoms with Crippen LogP contribution >= 0.6 is 11.3 Å². The van der Waals surface area contributed by atoms with E-state index in [4.69, 9.17) is 9.72 Å². The van der Waals surface area contributed by atoms with Crippen LogP contribution in [0.15, 0.2) is 77.3 Å². The molecule has 0 bridgehead atoms. The van der Waals surface area contributed by atoms with Crippen LogP contribution in [0.4, 0.5) is 5.95 Å². The summed E-state index contributed by atoms with van der Waals surface area (Å²) in [7, 11) is -2.13.